The number of allylic oxidation sites excluding steroid dienone is 2. The Morgan fingerprint density at radius 3 is 2.29 bits per heavy atom. The van der Waals surface area contributed by atoms with E-state index in [9.17, 15) is 13.2 Å². The van der Waals surface area contributed by atoms with Gasteiger partial charge in [0.05, 0.1) is 10.6 Å². The second-order valence-corrected chi connectivity index (χ2v) is 8.68. The van der Waals surface area contributed by atoms with Crippen molar-refractivity contribution >= 4 is 21.4 Å². The number of hydrogen-bond donors (Lipinski definition) is 1. The van der Waals surface area contributed by atoms with E-state index in [0.29, 0.717) is 12.1 Å². The molecule has 0 heterocycles. The Kier molecular flexibility index (Phi) is 8.20. The van der Waals surface area contributed by atoms with E-state index in [2.05, 4.69) is 11.9 Å². The molecule has 4 nitrogen and oxygen atoms in total. The first kappa shape index (κ1) is 21.6. The lowest BCUT2D eigenvalue weighted by Gasteiger charge is -2.11. The van der Waals surface area contributed by atoms with E-state index in [4.69, 9.17) is 0 Å². The predicted molar refractivity (Wildman–Crippen MR) is 115 cm³/mol. The maximum Gasteiger partial charge on any atom is 0.252 e. The van der Waals surface area contributed by atoms with Crippen molar-refractivity contribution in [1.29, 1.82) is 0 Å². The maximum absolute atomic E-state index is 12.8. The summed E-state index contributed by atoms with van der Waals surface area (Å²) in [6.07, 6.45) is 6.98. The van der Waals surface area contributed by atoms with Crippen LogP contribution in [0.15, 0.2) is 83.8 Å². The highest BCUT2D eigenvalue weighted by Crippen LogP contribution is 2.17. The Bertz CT molecular complexity index is 914. The molecule has 0 radical (unpaired) electrons. The normalized spacial score (nSPS) is 11.8. The van der Waals surface area contributed by atoms with Gasteiger partial charge in [-0.15, -0.1) is 6.58 Å². The van der Waals surface area contributed by atoms with E-state index in [1.807, 2.05) is 31.2 Å². The van der Waals surface area contributed by atoms with Gasteiger partial charge in [0.25, 0.3) is 5.91 Å². The first-order valence-electron chi connectivity index (χ1n) is 9.38. The van der Waals surface area contributed by atoms with Gasteiger partial charge in [0, 0.05) is 11.3 Å². The Morgan fingerprint density at radius 1 is 1.00 bits per heavy atom. The number of para-hydroxylation sites is 1. The molecule has 1 amide bonds. The van der Waals surface area contributed by atoms with Gasteiger partial charge in [-0.1, -0.05) is 48.0 Å². The molecule has 0 spiro atoms. The van der Waals surface area contributed by atoms with Gasteiger partial charge in [-0.05, 0) is 56.9 Å². The van der Waals surface area contributed by atoms with Gasteiger partial charge in [-0.2, -0.15) is 0 Å². The SMILES string of the molecule is C=CCCCC/C=C(/CS(=O)(=O)c1ccc(C)cc1)C(=O)Nc1ccccc1. The summed E-state index contributed by atoms with van der Waals surface area (Å²) in [7, 11) is -3.61. The van der Waals surface area contributed by atoms with Gasteiger partial charge >= 0.3 is 0 Å². The lowest BCUT2D eigenvalue weighted by atomic mass is 10.1. The molecule has 0 aliphatic rings. The topological polar surface area (TPSA) is 63.2 Å². The molecule has 0 atom stereocenters. The average Bonchev–Trinajstić information content (AvgIpc) is 2.68. The zero-order valence-corrected chi connectivity index (χ0v) is 17.0. The van der Waals surface area contributed by atoms with Crippen LogP contribution in [-0.4, -0.2) is 20.1 Å². The van der Waals surface area contributed by atoms with Crippen molar-refractivity contribution in [2.45, 2.75) is 37.5 Å². The molecular weight excluding hydrogens is 370 g/mol. The number of hydrogen-bond acceptors (Lipinski definition) is 3. The van der Waals surface area contributed by atoms with Crippen LogP contribution in [0.4, 0.5) is 5.69 Å². The largest absolute Gasteiger partial charge is 0.322 e. The van der Waals surface area contributed by atoms with Gasteiger partial charge in [-0.25, -0.2) is 8.42 Å². The third kappa shape index (κ3) is 6.82. The summed E-state index contributed by atoms with van der Waals surface area (Å²) in [5.41, 5.74) is 1.89. The number of anilines is 1. The Morgan fingerprint density at radius 2 is 1.64 bits per heavy atom. The predicted octanol–water partition coefficient (Wildman–Crippen LogP) is 5.08. The van der Waals surface area contributed by atoms with Crippen LogP contribution in [0.25, 0.3) is 0 Å². The van der Waals surface area contributed by atoms with E-state index in [0.717, 1.165) is 24.8 Å². The molecule has 0 aromatic heterocycles. The lowest BCUT2D eigenvalue weighted by molar-refractivity contribution is -0.112. The monoisotopic (exact) mass is 397 g/mol. The van der Waals surface area contributed by atoms with Crippen LogP contribution in [0.5, 0.6) is 0 Å². The smallest absolute Gasteiger partial charge is 0.252 e. The van der Waals surface area contributed by atoms with Gasteiger partial charge < -0.3 is 5.32 Å². The second kappa shape index (κ2) is 10.6. The molecule has 2 aromatic rings. The maximum atomic E-state index is 12.8. The highest BCUT2D eigenvalue weighted by Gasteiger charge is 2.21. The van der Waals surface area contributed by atoms with E-state index in [1.54, 1.807) is 42.5 Å². The number of carbonyl (C=O) groups is 1. The first-order valence-corrected chi connectivity index (χ1v) is 11.0. The number of carbonyl (C=O) groups excluding carboxylic acids is 1. The van der Waals surface area contributed by atoms with Gasteiger partial charge in [0.1, 0.15) is 0 Å². The van der Waals surface area contributed by atoms with Crippen LogP contribution in [0.3, 0.4) is 0 Å². The number of unbranched alkanes of at least 4 members (excludes halogenated alkanes) is 3. The summed E-state index contributed by atoms with van der Waals surface area (Å²) < 4.78 is 25.6. The van der Waals surface area contributed by atoms with Crippen LogP contribution in [0.1, 0.15) is 31.2 Å². The van der Waals surface area contributed by atoms with Crippen molar-refractivity contribution in [3.05, 3.63) is 84.5 Å². The van der Waals surface area contributed by atoms with Crippen LogP contribution < -0.4 is 5.32 Å². The molecule has 0 fully saturated rings. The summed E-state index contributed by atoms with van der Waals surface area (Å²) >= 11 is 0. The summed E-state index contributed by atoms with van der Waals surface area (Å²) in [5, 5.41) is 2.79. The Labute approximate surface area is 167 Å². The van der Waals surface area contributed by atoms with Crippen LogP contribution >= 0.6 is 0 Å². The zero-order chi connectivity index (χ0) is 20.4. The van der Waals surface area contributed by atoms with E-state index < -0.39 is 9.84 Å². The van der Waals surface area contributed by atoms with Crippen molar-refractivity contribution in [2.24, 2.45) is 0 Å². The molecular formula is C23H27NO3S. The molecule has 0 aliphatic heterocycles. The number of benzene rings is 2. The fourth-order valence-electron chi connectivity index (χ4n) is 2.69. The number of aryl methyl sites for hydroxylation is 1. The minimum absolute atomic E-state index is 0.225. The molecule has 0 bridgehead atoms. The van der Waals surface area contributed by atoms with Gasteiger partial charge in [-0.3, -0.25) is 4.79 Å². The average molecular weight is 398 g/mol. The summed E-state index contributed by atoms with van der Waals surface area (Å²) in [6, 6.07) is 15.7. The minimum Gasteiger partial charge on any atom is -0.322 e. The van der Waals surface area contributed by atoms with Crippen LogP contribution in [-0.2, 0) is 14.6 Å². The third-order valence-electron chi connectivity index (χ3n) is 4.30. The molecule has 1 N–H and O–H groups in total. The summed E-state index contributed by atoms with van der Waals surface area (Å²) in [5.74, 6) is -0.707. The molecule has 0 saturated carbocycles. The van der Waals surface area contributed by atoms with Gasteiger partial charge in [0.2, 0.25) is 0 Å². The van der Waals surface area contributed by atoms with E-state index in [1.165, 1.54) is 0 Å². The van der Waals surface area contributed by atoms with E-state index >= 15 is 0 Å². The number of rotatable bonds is 10. The minimum atomic E-state index is -3.61. The summed E-state index contributed by atoms with van der Waals surface area (Å²) in [4.78, 5) is 13.0. The molecule has 0 aliphatic carbocycles. The third-order valence-corrected chi connectivity index (χ3v) is 5.98. The Hall–Kier alpha value is -2.66. The highest BCUT2D eigenvalue weighted by molar-refractivity contribution is 7.91. The number of amides is 1. The second-order valence-electron chi connectivity index (χ2n) is 6.69. The molecule has 2 rings (SSSR count). The Balaban J connectivity index is 2.19. The standard InChI is InChI=1S/C23H27NO3S/c1-3-4-5-6-8-11-20(23(25)24-21-12-9-7-10-13-21)18-28(26,27)22-16-14-19(2)15-17-22/h3,7,9-17H,1,4-6,8,18H2,2H3,(H,24,25)/b20-11-. The summed E-state index contributed by atoms with van der Waals surface area (Å²) in [6.45, 7) is 5.60. The van der Waals surface area contributed by atoms with Crippen molar-refractivity contribution < 1.29 is 13.2 Å². The molecule has 148 valence electrons. The lowest BCUT2D eigenvalue weighted by Crippen LogP contribution is -2.21. The van der Waals surface area contributed by atoms with Crippen LogP contribution in [0, 0.1) is 6.92 Å². The molecule has 0 saturated heterocycles. The fourth-order valence-corrected chi connectivity index (χ4v) is 4.07. The zero-order valence-electron chi connectivity index (χ0n) is 16.2. The van der Waals surface area contributed by atoms with Crippen molar-refractivity contribution in [1.82, 2.24) is 0 Å². The highest BCUT2D eigenvalue weighted by atomic mass is 32.2. The quantitative estimate of drug-likeness (QED) is 0.345. The van der Waals surface area contributed by atoms with Crippen molar-refractivity contribution in [3.63, 3.8) is 0 Å². The first-order chi connectivity index (χ1) is 13.4. The fraction of sp³-hybridized carbons (Fsp3) is 0.261. The molecule has 0 unspecified atom stereocenters. The van der Waals surface area contributed by atoms with Gasteiger partial charge in [0.15, 0.2) is 9.84 Å². The molecule has 5 heteroatoms. The molecule has 2 aromatic carbocycles. The van der Waals surface area contributed by atoms with Crippen LogP contribution in [0.2, 0.25) is 0 Å². The van der Waals surface area contributed by atoms with Crippen molar-refractivity contribution in [3.8, 4) is 0 Å². The number of sulfone groups is 1. The number of nitrogens with one attached hydrogen (secondary N) is 1. The van der Waals surface area contributed by atoms with E-state index in [-0.39, 0.29) is 22.1 Å². The van der Waals surface area contributed by atoms with Crippen molar-refractivity contribution in [2.75, 3.05) is 11.1 Å². The molecule has 28 heavy (non-hydrogen) atoms.